The molecule has 0 bridgehead atoms. The molecule has 0 saturated carbocycles. The van der Waals surface area contributed by atoms with Crippen molar-refractivity contribution in [2.24, 2.45) is 5.73 Å². The molecule has 0 saturated heterocycles. The van der Waals surface area contributed by atoms with E-state index in [2.05, 4.69) is 0 Å². The number of hydrogen-bond acceptors (Lipinski definition) is 4. The molecule has 1 aromatic rings. The summed E-state index contributed by atoms with van der Waals surface area (Å²) in [5, 5.41) is 9.38. The Bertz CT molecular complexity index is 298. The van der Waals surface area contributed by atoms with E-state index in [9.17, 15) is 5.11 Å². The molecule has 0 spiro atoms. The van der Waals surface area contributed by atoms with Gasteiger partial charge in [0.15, 0.2) is 0 Å². The van der Waals surface area contributed by atoms with Gasteiger partial charge in [-0.15, -0.1) is 0 Å². The van der Waals surface area contributed by atoms with Crippen LogP contribution < -0.4 is 10.5 Å². The molecule has 2 unspecified atom stereocenters. The standard InChI is InChI=1S/C12H19NO3/c1-9(13)10-3-5-12(6-4-10)16-8-11(14)7-15-2/h3-6,9,11,14H,7-8,13H2,1-2H3. The molecule has 0 fully saturated rings. The molecule has 4 heteroatoms. The summed E-state index contributed by atoms with van der Waals surface area (Å²) in [6.07, 6.45) is -0.599. The highest BCUT2D eigenvalue weighted by Gasteiger charge is 2.04. The van der Waals surface area contributed by atoms with Crippen LogP contribution in [0.15, 0.2) is 24.3 Å². The largest absolute Gasteiger partial charge is 0.491 e. The van der Waals surface area contributed by atoms with E-state index in [0.29, 0.717) is 0 Å². The highest BCUT2D eigenvalue weighted by molar-refractivity contribution is 5.28. The summed E-state index contributed by atoms with van der Waals surface area (Å²) < 4.78 is 10.2. The summed E-state index contributed by atoms with van der Waals surface area (Å²) in [4.78, 5) is 0. The molecule has 0 heterocycles. The van der Waals surface area contributed by atoms with Crippen LogP contribution in [-0.2, 0) is 4.74 Å². The summed E-state index contributed by atoms with van der Waals surface area (Å²) in [5.74, 6) is 0.722. The maximum atomic E-state index is 9.38. The molecule has 16 heavy (non-hydrogen) atoms. The van der Waals surface area contributed by atoms with Crippen LogP contribution in [0.3, 0.4) is 0 Å². The van der Waals surface area contributed by atoms with Gasteiger partial charge in [0.25, 0.3) is 0 Å². The first-order valence-corrected chi connectivity index (χ1v) is 5.29. The predicted octanol–water partition coefficient (Wildman–Crippen LogP) is 1.09. The van der Waals surface area contributed by atoms with Gasteiger partial charge in [0, 0.05) is 13.2 Å². The van der Waals surface area contributed by atoms with Crippen LogP contribution in [-0.4, -0.2) is 31.5 Å². The zero-order valence-electron chi connectivity index (χ0n) is 9.72. The monoisotopic (exact) mass is 225 g/mol. The molecule has 0 aliphatic heterocycles. The van der Waals surface area contributed by atoms with E-state index in [4.69, 9.17) is 15.2 Å². The Labute approximate surface area is 96.0 Å². The number of hydrogen-bond donors (Lipinski definition) is 2. The van der Waals surface area contributed by atoms with Gasteiger partial charge in [0.2, 0.25) is 0 Å². The van der Waals surface area contributed by atoms with Crippen LogP contribution in [0.1, 0.15) is 18.5 Å². The Hall–Kier alpha value is -1.10. The van der Waals surface area contributed by atoms with Crippen LogP contribution in [0.25, 0.3) is 0 Å². The van der Waals surface area contributed by atoms with E-state index in [1.807, 2.05) is 31.2 Å². The molecule has 0 radical (unpaired) electrons. The summed E-state index contributed by atoms with van der Waals surface area (Å²) >= 11 is 0. The van der Waals surface area contributed by atoms with E-state index in [1.54, 1.807) is 7.11 Å². The lowest BCUT2D eigenvalue weighted by atomic mass is 10.1. The number of methoxy groups -OCH3 is 1. The van der Waals surface area contributed by atoms with E-state index >= 15 is 0 Å². The Morgan fingerprint density at radius 2 is 1.88 bits per heavy atom. The van der Waals surface area contributed by atoms with Crippen molar-refractivity contribution in [1.82, 2.24) is 0 Å². The van der Waals surface area contributed by atoms with Crippen LogP contribution in [0, 0.1) is 0 Å². The lowest BCUT2D eigenvalue weighted by molar-refractivity contribution is 0.0325. The summed E-state index contributed by atoms with van der Waals surface area (Å²) in [6, 6.07) is 7.55. The summed E-state index contributed by atoms with van der Waals surface area (Å²) in [6.45, 7) is 2.43. The molecule has 4 nitrogen and oxygen atoms in total. The first-order chi connectivity index (χ1) is 7.63. The summed E-state index contributed by atoms with van der Waals surface area (Å²) in [5.41, 5.74) is 6.79. The van der Waals surface area contributed by atoms with E-state index in [-0.39, 0.29) is 19.3 Å². The van der Waals surface area contributed by atoms with Gasteiger partial charge in [-0.25, -0.2) is 0 Å². The lowest BCUT2D eigenvalue weighted by Gasteiger charge is -2.12. The Balaban J connectivity index is 2.43. The number of rotatable bonds is 6. The maximum absolute atomic E-state index is 9.38. The number of benzene rings is 1. The van der Waals surface area contributed by atoms with Crippen molar-refractivity contribution < 1.29 is 14.6 Å². The highest BCUT2D eigenvalue weighted by Crippen LogP contribution is 2.16. The fraction of sp³-hybridized carbons (Fsp3) is 0.500. The van der Waals surface area contributed by atoms with Gasteiger partial charge in [-0.2, -0.15) is 0 Å². The molecule has 90 valence electrons. The first-order valence-electron chi connectivity index (χ1n) is 5.29. The molecule has 0 aromatic heterocycles. The normalized spacial score (nSPS) is 14.5. The smallest absolute Gasteiger partial charge is 0.119 e. The quantitative estimate of drug-likeness (QED) is 0.760. The average Bonchev–Trinajstić information content (AvgIpc) is 2.27. The zero-order valence-corrected chi connectivity index (χ0v) is 9.72. The van der Waals surface area contributed by atoms with Gasteiger partial charge in [-0.3, -0.25) is 0 Å². The number of nitrogens with two attached hydrogens (primary N) is 1. The minimum absolute atomic E-state index is 0.0214. The van der Waals surface area contributed by atoms with Gasteiger partial charge >= 0.3 is 0 Å². The van der Waals surface area contributed by atoms with Crippen molar-refractivity contribution in [2.45, 2.75) is 19.1 Å². The van der Waals surface area contributed by atoms with Crippen molar-refractivity contribution in [2.75, 3.05) is 20.3 Å². The molecule has 0 aliphatic carbocycles. The molecular formula is C12H19NO3. The third kappa shape index (κ3) is 4.18. The highest BCUT2D eigenvalue weighted by atomic mass is 16.5. The van der Waals surface area contributed by atoms with Gasteiger partial charge < -0.3 is 20.3 Å². The molecular weight excluding hydrogens is 206 g/mol. The molecule has 0 aliphatic rings. The van der Waals surface area contributed by atoms with Crippen molar-refractivity contribution >= 4 is 0 Å². The molecule has 3 N–H and O–H groups in total. The van der Waals surface area contributed by atoms with Crippen molar-refractivity contribution in [3.63, 3.8) is 0 Å². The summed E-state index contributed by atoms with van der Waals surface area (Å²) in [7, 11) is 1.54. The van der Waals surface area contributed by atoms with Gasteiger partial charge in [-0.05, 0) is 24.6 Å². The van der Waals surface area contributed by atoms with E-state index in [0.717, 1.165) is 11.3 Å². The van der Waals surface area contributed by atoms with Crippen LogP contribution in [0.5, 0.6) is 5.75 Å². The number of aliphatic hydroxyl groups is 1. The Morgan fingerprint density at radius 1 is 1.25 bits per heavy atom. The third-order valence-corrected chi connectivity index (χ3v) is 2.21. The number of ether oxygens (including phenoxy) is 2. The second-order valence-electron chi connectivity index (χ2n) is 3.78. The molecule has 1 aromatic carbocycles. The van der Waals surface area contributed by atoms with Crippen LogP contribution in [0.4, 0.5) is 0 Å². The minimum atomic E-state index is -0.599. The van der Waals surface area contributed by atoms with E-state index < -0.39 is 6.10 Å². The molecule has 1 rings (SSSR count). The fourth-order valence-electron chi connectivity index (χ4n) is 1.30. The van der Waals surface area contributed by atoms with Crippen molar-refractivity contribution in [3.8, 4) is 5.75 Å². The van der Waals surface area contributed by atoms with Gasteiger partial charge in [0.05, 0.1) is 6.61 Å². The second kappa shape index (κ2) is 6.48. The second-order valence-corrected chi connectivity index (χ2v) is 3.78. The minimum Gasteiger partial charge on any atom is -0.491 e. The average molecular weight is 225 g/mol. The SMILES string of the molecule is COCC(O)COc1ccc(C(C)N)cc1. The Kier molecular flexibility index (Phi) is 5.25. The van der Waals surface area contributed by atoms with Gasteiger partial charge in [0.1, 0.15) is 18.5 Å². The van der Waals surface area contributed by atoms with Gasteiger partial charge in [-0.1, -0.05) is 12.1 Å². The number of aliphatic hydroxyl groups excluding tert-OH is 1. The predicted molar refractivity (Wildman–Crippen MR) is 62.4 cm³/mol. The Morgan fingerprint density at radius 3 is 2.38 bits per heavy atom. The molecule has 0 amide bonds. The zero-order chi connectivity index (χ0) is 12.0. The first kappa shape index (κ1) is 13.0. The topological polar surface area (TPSA) is 64.7 Å². The van der Waals surface area contributed by atoms with Crippen molar-refractivity contribution in [1.29, 1.82) is 0 Å². The third-order valence-electron chi connectivity index (χ3n) is 2.21. The lowest BCUT2D eigenvalue weighted by Crippen LogP contribution is -2.22. The van der Waals surface area contributed by atoms with Crippen LogP contribution in [0.2, 0.25) is 0 Å². The van der Waals surface area contributed by atoms with Crippen LogP contribution >= 0.6 is 0 Å². The van der Waals surface area contributed by atoms with Crippen molar-refractivity contribution in [3.05, 3.63) is 29.8 Å². The fourth-order valence-corrected chi connectivity index (χ4v) is 1.30. The maximum Gasteiger partial charge on any atom is 0.119 e. The van der Waals surface area contributed by atoms with E-state index in [1.165, 1.54) is 0 Å². The molecule has 2 atom stereocenters.